The van der Waals surface area contributed by atoms with Gasteiger partial charge in [-0.2, -0.15) is 4.99 Å². The van der Waals surface area contributed by atoms with E-state index in [9.17, 15) is 4.79 Å². The fourth-order valence-corrected chi connectivity index (χ4v) is 2.97. The summed E-state index contributed by atoms with van der Waals surface area (Å²) in [4.78, 5) is 17.9. The summed E-state index contributed by atoms with van der Waals surface area (Å²) in [5.41, 5.74) is 1.23. The van der Waals surface area contributed by atoms with Crippen molar-refractivity contribution >= 4 is 17.4 Å². The van der Waals surface area contributed by atoms with Crippen molar-refractivity contribution in [3.63, 3.8) is 0 Å². The molecule has 3 aliphatic rings. The predicted octanol–water partition coefficient (Wildman–Crippen LogP) is -0.202. The molecule has 0 radical (unpaired) electrons. The van der Waals surface area contributed by atoms with Crippen LogP contribution in [-0.2, 0) is 9.53 Å². The summed E-state index contributed by atoms with van der Waals surface area (Å²) in [6, 6.07) is 9.42. The number of benzene rings is 1. The van der Waals surface area contributed by atoms with E-state index >= 15 is 0 Å². The van der Waals surface area contributed by atoms with Gasteiger partial charge in [0.2, 0.25) is 5.84 Å². The van der Waals surface area contributed by atoms with Gasteiger partial charge >= 0.3 is 0 Å². The van der Waals surface area contributed by atoms with Crippen LogP contribution in [-0.4, -0.2) is 54.7 Å². The number of amides is 1. The molecule has 2 N–H and O–H groups in total. The maximum Gasteiger partial charge on any atom is 0.280 e. The molecule has 1 fully saturated rings. The second kappa shape index (κ2) is 6.56. The number of carbonyl (C=O) groups is 1. The van der Waals surface area contributed by atoms with Crippen molar-refractivity contribution in [2.75, 3.05) is 38.3 Å². The van der Waals surface area contributed by atoms with Gasteiger partial charge in [-0.3, -0.25) is 9.80 Å². The molecular formula is C17H20N5O2+. The largest absolute Gasteiger partial charge is 0.379 e. The zero-order valence-electron chi connectivity index (χ0n) is 13.3. The lowest BCUT2D eigenvalue weighted by atomic mass is 10.3. The van der Waals surface area contributed by atoms with E-state index in [2.05, 4.69) is 20.3 Å². The third-order valence-electron chi connectivity index (χ3n) is 4.23. The second-order valence-corrected chi connectivity index (χ2v) is 5.85. The number of ether oxygens (including phenoxy) is 1. The van der Waals surface area contributed by atoms with Gasteiger partial charge in [0.15, 0.2) is 12.4 Å². The summed E-state index contributed by atoms with van der Waals surface area (Å²) < 4.78 is 5.39. The molecule has 1 atom stereocenters. The number of fused-ring (bicyclic) bond motifs is 1. The summed E-state index contributed by atoms with van der Waals surface area (Å²) in [7, 11) is 0. The third kappa shape index (κ3) is 3.09. The number of hydrogen-bond acceptors (Lipinski definition) is 5. The number of hydrazine groups is 1. The third-order valence-corrected chi connectivity index (χ3v) is 4.23. The van der Waals surface area contributed by atoms with E-state index in [1.54, 1.807) is 0 Å². The van der Waals surface area contributed by atoms with Crippen molar-refractivity contribution in [2.45, 2.75) is 0 Å². The van der Waals surface area contributed by atoms with Crippen LogP contribution < -0.4 is 10.2 Å². The number of carbonyl (C=O) groups excluding carboxylic acids is 1. The highest BCUT2D eigenvalue weighted by molar-refractivity contribution is 6.06. The Balaban J connectivity index is 1.43. The van der Waals surface area contributed by atoms with Gasteiger partial charge in [0.05, 0.1) is 13.2 Å². The molecule has 4 rings (SSSR count). The first-order valence-corrected chi connectivity index (χ1v) is 8.10. The van der Waals surface area contributed by atoms with Gasteiger partial charge in [-0.25, -0.2) is 9.91 Å². The van der Waals surface area contributed by atoms with E-state index in [1.165, 1.54) is 0 Å². The van der Waals surface area contributed by atoms with Crippen LogP contribution in [0.1, 0.15) is 0 Å². The van der Waals surface area contributed by atoms with Crippen molar-refractivity contribution in [1.82, 2.24) is 10.0 Å². The first kappa shape index (κ1) is 15.1. The quantitative estimate of drug-likeness (QED) is 0.807. The normalized spacial score (nSPS) is 23.5. The molecule has 1 amide bonds. The smallest absolute Gasteiger partial charge is 0.280 e. The number of morpholine rings is 1. The van der Waals surface area contributed by atoms with Gasteiger partial charge in [0, 0.05) is 31.1 Å². The van der Waals surface area contributed by atoms with E-state index < -0.39 is 0 Å². The van der Waals surface area contributed by atoms with Gasteiger partial charge in [-0.1, -0.05) is 18.2 Å². The van der Waals surface area contributed by atoms with Crippen molar-refractivity contribution in [3.8, 4) is 0 Å². The van der Waals surface area contributed by atoms with Crippen molar-refractivity contribution < 1.29 is 14.4 Å². The lowest BCUT2D eigenvalue weighted by molar-refractivity contribution is -0.762. The summed E-state index contributed by atoms with van der Waals surface area (Å²) in [5, 5.41) is 7.31. The Morgan fingerprint density at radius 2 is 2.00 bits per heavy atom. The Labute approximate surface area is 140 Å². The fraction of sp³-hybridized carbons (Fsp3) is 0.294. The molecule has 0 saturated carbocycles. The Kier molecular flexibility index (Phi) is 4.12. The van der Waals surface area contributed by atoms with Crippen molar-refractivity contribution in [2.24, 2.45) is 4.99 Å². The molecule has 3 aliphatic heterocycles. The average molecular weight is 326 g/mol. The van der Waals surface area contributed by atoms with Gasteiger partial charge in [-0.05, 0) is 12.1 Å². The van der Waals surface area contributed by atoms with Crippen molar-refractivity contribution in [1.29, 1.82) is 0 Å². The van der Waals surface area contributed by atoms with E-state index in [4.69, 9.17) is 4.74 Å². The molecule has 1 saturated heterocycles. The number of nitrogens with zero attached hydrogens (tertiary/aromatic N) is 3. The second-order valence-electron chi connectivity index (χ2n) is 5.85. The number of hydrogen-bond donors (Lipinski definition) is 2. The number of rotatable bonds is 3. The Bertz CT molecular complexity index is 707. The highest BCUT2D eigenvalue weighted by atomic mass is 16.5. The van der Waals surface area contributed by atoms with Crippen LogP contribution in [0.25, 0.3) is 0 Å². The van der Waals surface area contributed by atoms with E-state index in [-0.39, 0.29) is 5.91 Å². The molecule has 1 aromatic rings. The van der Waals surface area contributed by atoms with Gasteiger partial charge in [0.25, 0.3) is 5.91 Å². The molecule has 124 valence electrons. The summed E-state index contributed by atoms with van der Waals surface area (Å²) in [6.45, 7) is 4.00. The van der Waals surface area contributed by atoms with Crippen LogP contribution >= 0.6 is 0 Å². The lowest BCUT2D eigenvalue weighted by Crippen LogP contribution is -3.11. The molecule has 1 unspecified atom stereocenters. The van der Waals surface area contributed by atoms with Gasteiger partial charge in [0.1, 0.15) is 6.20 Å². The number of nitrogens with one attached hydrogen (secondary N) is 2. The zero-order valence-corrected chi connectivity index (χ0v) is 13.3. The van der Waals surface area contributed by atoms with Crippen LogP contribution in [0.5, 0.6) is 0 Å². The van der Waals surface area contributed by atoms with Crippen LogP contribution in [0.2, 0.25) is 0 Å². The molecular weight excluding hydrogens is 306 g/mol. The molecule has 0 bridgehead atoms. The van der Waals surface area contributed by atoms with Crippen molar-refractivity contribution in [3.05, 3.63) is 54.5 Å². The first-order valence-electron chi connectivity index (χ1n) is 8.10. The topological polar surface area (TPSA) is 61.6 Å². The summed E-state index contributed by atoms with van der Waals surface area (Å²) in [5.74, 6) is 0.694. The minimum Gasteiger partial charge on any atom is -0.379 e. The molecule has 24 heavy (non-hydrogen) atoms. The highest BCUT2D eigenvalue weighted by Crippen LogP contribution is 2.11. The van der Waals surface area contributed by atoms with E-state index in [0.29, 0.717) is 5.70 Å². The number of para-hydroxylation sites is 1. The Morgan fingerprint density at radius 1 is 1.21 bits per heavy atom. The van der Waals surface area contributed by atoms with Gasteiger partial charge < -0.3 is 10.1 Å². The number of aliphatic imine (C=N–C) groups is 1. The molecule has 0 aromatic heterocycles. The van der Waals surface area contributed by atoms with Gasteiger partial charge in [-0.15, -0.1) is 0 Å². The maximum atomic E-state index is 12.4. The highest BCUT2D eigenvalue weighted by Gasteiger charge is 2.32. The summed E-state index contributed by atoms with van der Waals surface area (Å²) >= 11 is 0. The zero-order chi connectivity index (χ0) is 16.4. The summed E-state index contributed by atoms with van der Waals surface area (Å²) in [6.07, 6.45) is 5.87. The monoisotopic (exact) mass is 326 g/mol. The van der Waals surface area contributed by atoms with Crippen LogP contribution in [0.4, 0.5) is 5.69 Å². The number of quaternary nitrogens is 1. The SMILES string of the molecule is O=C(Nc1ccccc1)C1=C[NH+]2CN(N3CCOCC3)C=CC2=N1. The Hall–Kier alpha value is -2.48. The van der Waals surface area contributed by atoms with Crippen LogP contribution in [0.3, 0.4) is 0 Å². The molecule has 0 spiro atoms. The molecule has 7 nitrogen and oxygen atoms in total. The van der Waals surface area contributed by atoms with E-state index in [1.807, 2.05) is 48.8 Å². The predicted molar refractivity (Wildman–Crippen MR) is 89.8 cm³/mol. The Morgan fingerprint density at radius 3 is 2.79 bits per heavy atom. The maximum absolute atomic E-state index is 12.4. The molecule has 3 heterocycles. The standard InChI is InChI=1S/C17H19N5O2/c23-17(18-14-4-2-1-3-5-14)15-12-20-13-22(7-6-16(20)19-15)21-8-10-24-11-9-21/h1-7,12H,8-11,13H2,(H,18,23)/p+1. The lowest BCUT2D eigenvalue weighted by Gasteiger charge is -2.37. The number of anilines is 1. The minimum atomic E-state index is -0.179. The molecule has 7 heteroatoms. The first-order chi connectivity index (χ1) is 11.8. The van der Waals surface area contributed by atoms with Crippen LogP contribution in [0, 0.1) is 0 Å². The van der Waals surface area contributed by atoms with Crippen LogP contribution in [0.15, 0.2) is 59.5 Å². The molecule has 0 aliphatic carbocycles. The molecule has 1 aromatic carbocycles. The number of amidine groups is 1. The minimum absolute atomic E-state index is 0.179. The fourth-order valence-electron chi connectivity index (χ4n) is 2.97. The van der Waals surface area contributed by atoms with E-state index in [0.717, 1.165) is 49.4 Å². The average Bonchev–Trinajstić information content (AvgIpc) is 3.07.